The fourth-order valence-corrected chi connectivity index (χ4v) is 4.68. The van der Waals surface area contributed by atoms with E-state index in [1.54, 1.807) is 6.21 Å². The summed E-state index contributed by atoms with van der Waals surface area (Å²) >= 11 is 0. The summed E-state index contributed by atoms with van der Waals surface area (Å²) in [6.07, 6.45) is 1.73. The van der Waals surface area contributed by atoms with Crippen molar-refractivity contribution in [1.82, 2.24) is 4.90 Å². The Kier molecular flexibility index (Phi) is 7.88. The maximum absolute atomic E-state index is 13.8. The number of rotatable bonds is 10. The molecule has 0 spiro atoms. The minimum absolute atomic E-state index is 0.0173. The van der Waals surface area contributed by atoms with E-state index in [1.807, 2.05) is 49.4 Å². The minimum Gasteiger partial charge on any atom is -0.467 e. The van der Waals surface area contributed by atoms with E-state index < -0.39 is 5.92 Å². The number of hydrogen-bond donors (Lipinski definition) is 0. The average molecular weight is 469 g/mol. The van der Waals surface area contributed by atoms with Gasteiger partial charge in [-0.15, -0.1) is 0 Å². The van der Waals surface area contributed by atoms with Gasteiger partial charge < -0.3 is 4.74 Å². The van der Waals surface area contributed by atoms with Crippen molar-refractivity contribution in [2.45, 2.75) is 39.2 Å². The Morgan fingerprint density at radius 1 is 1.00 bits per heavy atom. The molecule has 0 aromatic heterocycles. The van der Waals surface area contributed by atoms with Crippen LogP contribution in [-0.4, -0.2) is 43.1 Å². The number of nitrogens with zero attached hydrogens (tertiary/aromatic N) is 2. The Hall–Kier alpha value is -3.57. The van der Waals surface area contributed by atoms with Crippen LogP contribution in [0.2, 0.25) is 0 Å². The Bertz CT molecular complexity index is 1200. The molecule has 1 aliphatic rings. The third-order valence-electron chi connectivity index (χ3n) is 6.79. The summed E-state index contributed by atoms with van der Waals surface area (Å²) in [5.41, 5.74) is 6.38. The molecule has 0 amide bonds. The zero-order valence-electron chi connectivity index (χ0n) is 20.6. The van der Waals surface area contributed by atoms with Gasteiger partial charge in [0.25, 0.3) is 6.47 Å². The number of aliphatic imine (C=N–C) groups is 1. The molecule has 180 valence electrons. The first-order valence-electron chi connectivity index (χ1n) is 12.2. The second-order valence-corrected chi connectivity index (χ2v) is 8.96. The number of carbonyl (C=O) groups is 2. The second kappa shape index (κ2) is 11.2. The van der Waals surface area contributed by atoms with E-state index in [4.69, 9.17) is 4.74 Å². The van der Waals surface area contributed by atoms with Gasteiger partial charge in [-0.25, -0.2) is 0 Å². The predicted molar refractivity (Wildman–Crippen MR) is 140 cm³/mol. The molecule has 35 heavy (non-hydrogen) atoms. The standard InChI is InChI=1S/C30H32N2O3/c1-4-32(5-2)18-22-11-15-24(16-12-22)27(19-35-20-33)25-7-6-8-28-29(25)30(34)26(17-31-28)23-13-9-21(3)10-14-23/h6-17,20,26-27H,4-5,18-19H2,1-3H3. The van der Waals surface area contributed by atoms with Gasteiger partial charge in [0.2, 0.25) is 0 Å². The van der Waals surface area contributed by atoms with Crippen LogP contribution in [0.3, 0.4) is 0 Å². The van der Waals surface area contributed by atoms with E-state index in [0.717, 1.165) is 41.9 Å². The van der Waals surface area contributed by atoms with Crippen LogP contribution >= 0.6 is 0 Å². The van der Waals surface area contributed by atoms with Crippen LogP contribution < -0.4 is 0 Å². The minimum atomic E-state index is -0.437. The van der Waals surface area contributed by atoms with Crippen LogP contribution in [-0.2, 0) is 16.1 Å². The molecule has 0 N–H and O–H groups in total. The number of ketones is 1. The second-order valence-electron chi connectivity index (χ2n) is 8.96. The zero-order valence-corrected chi connectivity index (χ0v) is 20.6. The van der Waals surface area contributed by atoms with Crippen molar-refractivity contribution in [2.24, 2.45) is 4.99 Å². The first kappa shape index (κ1) is 24.6. The molecular formula is C30H32N2O3. The number of benzene rings is 3. The van der Waals surface area contributed by atoms with Crippen LogP contribution in [0.1, 0.15) is 63.9 Å². The zero-order chi connectivity index (χ0) is 24.8. The number of carbonyl (C=O) groups excluding carboxylic acids is 2. The van der Waals surface area contributed by atoms with Gasteiger partial charge in [-0.2, -0.15) is 0 Å². The molecule has 0 radical (unpaired) electrons. The Balaban J connectivity index is 1.70. The number of fused-ring (bicyclic) bond motifs is 1. The van der Waals surface area contributed by atoms with Crippen LogP contribution in [0, 0.1) is 6.92 Å². The van der Waals surface area contributed by atoms with E-state index in [-0.39, 0.29) is 18.3 Å². The average Bonchev–Trinajstić information content (AvgIpc) is 2.89. The topological polar surface area (TPSA) is 59.0 Å². The van der Waals surface area contributed by atoms with Crippen molar-refractivity contribution in [3.05, 3.63) is 100 Å². The smallest absolute Gasteiger partial charge is 0.293 e. The van der Waals surface area contributed by atoms with Gasteiger partial charge >= 0.3 is 0 Å². The molecule has 0 saturated heterocycles. The Morgan fingerprint density at radius 2 is 1.71 bits per heavy atom. The maximum Gasteiger partial charge on any atom is 0.293 e. The highest BCUT2D eigenvalue weighted by Crippen LogP contribution is 2.38. The normalized spacial score (nSPS) is 15.7. The largest absolute Gasteiger partial charge is 0.467 e. The third kappa shape index (κ3) is 5.41. The van der Waals surface area contributed by atoms with Crippen molar-refractivity contribution in [3.8, 4) is 0 Å². The van der Waals surface area contributed by atoms with E-state index >= 15 is 0 Å². The lowest BCUT2D eigenvalue weighted by molar-refractivity contribution is -0.128. The summed E-state index contributed by atoms with van der Waals surface area (Å²) < 4.78 is 5.25. The third-order valence-corrected chi connectivity index (χ3v) is 6.79. The monoisotopic (exact) mass is 468 g/mol. The van der Waals surface area contributed by atoms with E-state index in [9.17, 15) is 9.59 Å². The SMILES string of the molecule is CCN(CC)Cc1ccc(C(COC=O)c2cccc3c2C(=O)C(c2ccc(C)cc2)C=N3)cc1. The molecule has 0 bridgehead atoms. The van der Waals surface area contributed by atoms with Crippen molar-refractivity contribution >= 4 is 24.2 Å². The van der Waals surface area contributed by atoms with Gasteiger partial charge in [0.15, 0.2) is 5.78 Å². The van der Waals surface area contributed by atoms with Crippen molar-refractivity contribution < 1.29 is 14.3 Å². The molecule has 3 aromatic carbocycles. The molecule has 5 heteroatoms. The molecule has 1 aliphatic heterocycles. The van der Waals surface area contributed by atoms with Gasteiger partial charge in [0.05, 0.1) is 11.6 Å². The highest BCUT2D eigenvalue weighted by atomic mass is 16.5. The van der Waals surface area contributed by atoms with Crippen LogP contribution in [0.25, 0.3) is 0 Å². The van der Waals surface area contributed by atoms with Gasteiger partial charge in [0.1, 0.15) is 6.61 Å². The summed E-state index contributed by atoms with van der Waals surface area (Å²) in [6.45, 7) is 9.84. The van der Waals surface area contributed by atoms with Crippen LogP contribution in [0.4, 0.5) is 5.69 Å². The lowest BCUT2D eigenvalue weighted by Gasteiger charge is -2.25. The van der Waals surface area contributed by atoms with Gasteiger partial charge in [-0.05, 0) is 48.3 Å². The molecule has 4 rings (SSSR count). The highest BCUT2D eigenvalue weighted by Gasteiger charge is 2.31. The quantitative estimate of drug-likeness (QED) is 0.352. The molecular weight excluding hydrogens is 436 g/mol. The summed E-state index contributed by atoms with van der Waals surface area (Å²) in [6, 6.07) is 22.1. The maximum atomic E-state index is 13.8. The van der Waals surface area contributed by atoms with Gasteiger partial charge in [-0.3, -0.25) is 19.5 Å². The molecule has 0 aliphatic carbocycles. The summed E-state index contributed by atoms with van der Waals surface area (Å²) in [4.78, 5) is 31.9. The summed E-state index contributed by atoms with van der Waals surface area (Å²) in [5, 5.41) is 0. The van der Waals surface area contributed by atoms with E-state index in [1.165, 1.54) is 5.56 Å². The first-order chi connectivity index (χ1) is 17.0. The predicted octanol–water partition coefficient (Wildman–Crippen LogP) is 5.82. The fourth-order valence-electron chi connectivity index (χ4n) is 4.68. The fraction of sp³-hybridized carbons (Fsp3) is 0.300. The lowest BCUT2D eigenvalue weighted by Crippen LogP contribution is -2.22. The number of hydrogen-bond acceptors (Lipinski definition) is 5. The Morgan fingerprint density at radius 3 is 2.37 bits per heavy atom. The van der Waals surface area contributed by atoms with Gasteiger partial charge in [0, 0.05) is 24.2 Å². The van der Waals surface area contributed by atoms with Crippen LogP contribution in [0.15, 0.2) is 71.7 Å². The number of Topliss-reactive ketones (excluding diaryl/α,β-unsaturated/α-hetero) is 1. The van der Waals surface area contributed by atoms with Gasteiger partial charge in [-0.1, -0.05) is 80.1 Å². The van der Waals surface area contributed by atoms with Crippen molar-refractivity contribution in [3.63, 3.8) is 0 Å². The first-order valence-corrected chi connectivity index (χ1v) is 12.2. The number of ether oxygens (including phenoxy) is 1. The Labute approximate surface area is 207 Å². The lowest BCUT2D eigenvalue weighted by atomic mass is 9.81. The van der Waals surface area contributed by atoms with Crippen LogP contribution in [0.5, 0.6) is 0 Å². The molecule has 2 atom stereocenters. The molecule has 0 saturated carbocycles. The highest BCUT2D eigenvalue weighted by molar-refractivity contribution is 6.16. The molecule has 1 heterocycles. The molecule has 5 nitrogen and oxygen atoms in total. The van der Waals surface area contributed by atoms with E-state index in [0.29, 0.717) is 17.7 Å². The number of aryl methyl sites for hydroxylation is 1. The van der Waals surface area contributed by atoms with Crippen molar-refractivity contribution in [2.75, 3.05) is 19.7 Å². The van der Waals surface area contributed by atoms with E-state index in [2.05, 4.69) is 48.0 Å². The van der Waals surface area contributed by atoms with Crippen molar-refractivity contribution in [1.29, 1.82) is 0 Å². The molecule has 0 fully saturated rings. The summed E-state index contributed by atoms with van der Waals surface area (Å²) in [5.74, 6) is -0.689. The summed E-state index contributed by atoms with van der Waals surface area (Å²) in [7, 11) is 0. The molecule has 2 unspecified atom stereocenters. The molecule has 3 aromatic rings.